The van der Waals surface area contributed by atoms with Crippen LogP contribution in [0.2, 0.25) is 0 Å². The van der Waals surface area contributed by atoms with Crippen LogP contribution >= 0.6 is 0 Å². The highest BCUT2D eigenvalue weighted by molar-refractivity contribution is 5.92. The maximum atomic E-state index is 12.2. The zero-order valence-electron chi connectivity index (χ0n) is 12.1. The molecule has 1 aromatic heterocycles. The highest BCUT2D eigenvalue weighted by atomic mass is 16.5. The van der Waals surface area contributed by atoms with Crippen molar-refractivity contribution in [3.05, 3.63) is 18.0 Å². The average molecular weight is 278 g/mol. The van der Waals surface area contributed by atoms with E-state index in [-0.39, 0.29) is 12.0 Å². The average Bonchev–Trinajstić information content (AvgIpc) is 3.00. The van der Waals surface area contributed by atoms with Gasteiger partial charge in [0, 0.05) is 32.4 Å². The van der Waals surface area contributed by atoms with Gasteiger partial charge in [0.05, 0.1) is 6.10 Å². The van der Waals surface area contributed by atoms with Crippen LogP contribution < -0.4 is 5.32 Å². The Balaban J connectivity index is 1.97. The van der Waals surface area contributed by atoms with Gasteiger partial charge in [0.25, 0.3) is 5.91 Å². The fraction of sp³-hybridized carbons (Fsp3) is 0.643. The second-order valence-corrected chi connectivity index (χ2v) is 4.76. The number of hydrogen-bond acceptors (Lipinski definition) is 5. The monoisotopic (exact) mass is 278 g/mol. The predicted molar refractivity (Wildman–Crippen MR) is 76.7 cm³/mol. The minimum Gasteiger partial charge on any atom is -0.376 e. The number of anilines is 1. The second-order valence-electron chi connectivity index (χ2n) is 4.76. The van der Waals surface area contributed by atoms with Crippen LogP contribution in [0.25, 0.3) is 0 Å². The normalized spacial score (nSPS) is 18.0. The van der Waals surface area contributed by atoms with E-state index in [0.29, 0.717) is 31.3 Å². The van der Waals surface area contributed by atoms with Gasteiger partial charge in [-0.25, -0.2) is 9.97 Å². The number of amides is 1. The molecule has 1 N–H and O–H groups in total. The van der Waals surface area contributed by atoms with Crippen molar-refractivity contribution < 1.29 is 9.53 Å². The number of aromatic nitrogens is 2. The van der Waals surface area contributed by atoms with Crippen LogP contribution in [0, 0.1) is 0 Å². The van der Waals surface area contributed by atoms with Crippen LogP contribution in [0.1, 0.15) is 37.2 Å². The van der Waals surface area contributed by atoms with Gasteiger partial charge in [-0.2, -0.15) is 0 Å². The molecule has 1 aliphatic heterocycles. The molecule has 20 heavy (non-hydrogen) atoms. The molecule has 0 saturated carbocycles. The topological polar surface area (TPSA) is 67.4 Å². The molecule has 1 saturated heterocycles. The molecule has 1 amide bonds. The van der Waals surface area contributed by atoms with Crippen LogP contribution in [-0.2, 0) is 4.74 Å². The lowest BCUT2D eigenvalue weighted by Crippen LogP contribution is -2.31. The second kappa shape index (κ2) is 7.19. The Morgan fingerprint density at radius 2 is 2.30 bits per heavy atom. The highest BCUT2D eigenvalue weighted by Gasteiger charge is 2.17. The van der Waals surface area contributed by atoms with Gasteiger partial charge < -0.3 is 15.0 Å². The van der Waals surface area contributed by atoms with E-state index in [1.54, 1.807) is 17.2 Å². The van der Waals surface area contributed by atoms with Crippen molar-refractivity contribution in [2.24, 2.45) is 0 Å². The van der Waals surface area contributed by atoms with Crippen LogP contribution in [0.3, 0.4) is 0 Å². The van der Waals surface area contributed by atoms with Crippen molar-refractivity contribution in [3.63, 3.8) is 0 Å². The summed E-state index contributed by atoms with van der Waals surface area (Å²) in [6.07, 6.45) is 4.00. The van der Waals surface area contributed by atoms with Gasteiger partial charge in [0.1, 0.15) is 5.69 Å². The Morgan fingerprint density at radius 1 is 1.50 bits per heavy atom. The summed E-state index contributed by atoms with van der Waals surface area (Å²) in [5.74, 6) is 0.427. The summed E-state index contributed by atoms with van der Waals surface area (Å²) in [6, 6.07) is 1.65. The molecule has 0 spiro atoms. The standard InChI is InChI=1S/C14H22N4O2/c1-3-18(4-2)13(19)12-7-8-15-14(17-12)16-10-11-6-5-9-20-11/h7-8,11H,3-6,9-10H2,1-2H3,(H,15,16,17). The minimum atomic E-state index is -0.0578. The molecule has 1 atom stereocenters. The lowest BCUT2D eigenvalue weighted by molar-refractivity contribution is 0.0767. The molecule has 1 fully saturated rings. The first-order valence-corrected chi connectivity index (χ1v) is 7.22. The highest BCUT2D eigenvalue weighted by Crippen LogP contribution is 2.12. The number of rotatable bonds is 6. The molecule has 6 heteroatoms. The molecule has 1 aromatic rings. The number of carbonyl (C=O) groups is 1. The van der Waals surface area contributed by atoms with E-state index in [0.717, 1.165) is 19.4 Å². The predicted octanol–water partition coefficient (Wildman–Crippen LogP) is 1.55. The third kappa shape index (κ3) is 3.66. The van der Waals surface area contributed by atoms with E-state index >= 15 is 0 Å². The first-order valence-electron chi connectivity index (χ1n) is 7.22. The number of nitrogens with one attached hydrogen (secondary N) is 1. The summed E-state index contributed by atoms with van der Waals surface area (Å²) in [5.41, 5.74) is 0.429. The van der Waals surface area contributed by atoms with Crippen molar-refractivity contribution in [2.75, 3.05) is 31.6 Å². The first kappa shape index (κ1) is 14.7. The van der Waals surface area contributed by atoms with E-state index in [2.05, 4.69) is 15.3 Å². The lowest BCUT2D eigenvalue weighted by atomic mass is 10.2. The van der Waals surface area contributed by atoms with E-state index < -0.39 is 0 Å². The lowest BCUT2D eigenvalue weighted by Gasteiger charge is -2.18. The number of carbonyl (C=O) groups excluding carboxylic acids is 1. The summed E-state index contributed by atoms with van der Waals surface area (Å²) in [7, 11) is 0. The summed E-state index contributed by atoms with van der Waals surface area (Å²) in [5, 5.41) is 3.14. The molecule has 0 aromatic carbocycles. The molecule has 0 bridgehead atoms. The fourth-order valence-electron chi connectivity index (χ4n) is 2.25. The van der Waals surface area contributed by atoms with E-state index in [1.807, 2.05) is 13.8 Å². The van der Waals surface area contributed by atoms with Crippen molar-refractivity contribution in [3.8, 4) is 0 Å². The molecule has 110 valence electrons. The first-order chi connectivity index (χ1) is 9.74. The van der Waals surface area contributed by atoms with Gasteiger partial charge in [0.15, 0.2) is 0 Å². The third-order valence-corrected chi connectivity index (χ3v) is 3.44. The van der Waals surface area contributed by atoms with Gasteiger partial charge in [-0.3, -0.25) is 4.79 Å². The molecular weight excluding hydrogens is 256 g/mol. The number of nitrogens with zero attached hydrogens (tertiary/aromatic N) is 3. The largest absolute Gasteiger partial charge is 0.376 e. The molecule has 6 nitrogen and oxygen atoms in total. The van der Waals surface area contributed by atoms with Gasteiger partial charge in [0.2, 0.25) is 5.95 Å². The van der Waals surface area contributed by atoms with E-state index in [4.69, 9.17) is 4.74 Å². The van der Waals surface area contributed by atoms with E-state index in [9.17, 15) is 4.79 Å². The number of ether oxygens (including phenoxy) is 1. The summed E-state index contributed by atoms with van der Waals surface area (Å²) >= 11 is 0. The molecule has 0 aliphatic carbocycles. The Bertz CT molecular complexity index is 443. The van der Waals surface area contributed by atoms with Gasteiger partial charge in [-0.1, -0.05) is 0 Å². The molecule has 1 unspecified atom stereocenters. The summed E-state index contributed by atoms with van der Waals surface area (Å²) in [4.78, 5) is 22.4. The zero-order valence-corrected chi connectivity index (χ0v) is 12.1. The maximum absolute atomic E-state index is 12.2. The molecular formula is C14H22N4O2. The molecule has 2 heterocycles. The SMILES string of the molecule is CCN(CC)C(=O)c1ccnc(NCC2CCCO2)n1. The number of hydrogen-bond donors (Lipinski definition) is 1. The fourth-order valence-corrected chi connectivity index (χ4v) is 2.25. The zero-order chi connectivity index (χ0) is 14.4. The Labute approximate surface area is 119 Å². The van der Waals surface area contributed by atoms with Gasteiger partial charge >= 0.3 is 0 Å². The van der Waals surface area contributed by atoms with Gasteiger partial charge in [-0.15, -0.1) is 0 Å². The Hall–Kier alpha value is -1.69. The van der Waals surface area contributed by atoms with Crippen molar-refractivity contribution >= 4 is 11.9 Å². The quantitative estimate of drug-likeness (QED) is 0.855. The van der Waals surface area contributed by atoms with Crippen LogP contribution in [0.4, 0.5) is 5.95 Å². The van der Waals surface area contributed by atoms with Crippen LogP contribution in [-0.4, -0.2) is 53.1 Å². The van der Waals surface area contributed by atoms with Crippen LogP contribution in [0.15, 0.2) is 12.3 Å². The molecule has 0 radical (unpaired) electrons. The van der Waals surface area contributed by atoms with Crippen molar-refractivity contribution in [2.45, 2.75) is 32.8 Å². The van der Waals surface area contributed by atoms with E-state index in [1.165, 1.54) is 0 Å². The summed E-state index contributed by atoms with van der Waals surface area (Å²) in [6.45, 7) is 6.78. The Morgan fingerprint density at radius 3 is 2.95 bits per heavy atom. The molecule has 1 aliphatic rings. The molecule has 2 rings (SSSR count). The van der Waals surface area contributed by atoms with Crippen LogP contribution in [0.5, 0.6) is 0 Å². The van der Waals surface area contributed by atoms with Crippen molar-refractivity contribution in [1.82, 2.24) is 14.9 Å². The van der Waals surface area contributed by atoms with Gasteiger partial charge in [-0.05, 0) is 32.8 Å². The minimum absolute atomic E-state index is 0.0578. The Kier molecular flexibility index (Phi) is 5.29. The smallest absolute Gasteiger partial charge is 0.272 e. The van der Waals surface area contributed by atoms with Crippen molar-refractivity contribution in [1.29, 1.82) is 0 Å². The summed E-state index contributed by atoms with van der Waals surface area (Å²) < 4.78 is 5.53. The maximum Gasteiger partial charge on any atom is 0.272 e. The third-order valence-electron chi connectivity index (χ3n) is 3.44.